The SMILES string of the molecule is Nn1c(NN=C2CCCCC2)nnc1SCC(=O)NCc1ccccc1. The molecule has 2 aromatic rings. The number of aromatic nitrogens is 3. The molecule has 1 amide bonds. The standard InChI is InChI=1S/C17H23N7OS/c18-24-16(21-20-14-9-5-2-6-10-14)22-23-17(24)26-12-15(25)19-11-13-7-3-1-4-8-13/h1,3-4,7-8H,2,5-6,9-12,18H2,(H,19,25)(H,21,22). The lowest BCUT2D eigenvalue weighted by atomic mass is 9.99. The number of hydrazone groups is 1. The fourth-order valence-electron chi connectivity index (χ4n) is 2.63. The fourth-order valence-corrected chi connectivity index (χ4v) is 3.32. The maximum Gasteiger partial charge on any atom is 0.264 e. The first kappa shape index (κ1) is 18.2. The predicted molar refractivity (Wildman–Crippen MR) is 103 cm³/mol. The zero-order valence-electron chi connectivity index (χ0n) is 14.5. The number of nitrogens with two attached hydrogens (primary N) is 1. The second-order valence-corrected chi connectivity index (χ2v) is 7.02. The van der Waals surface area contributed by atoms with E-state index in [0.717, 1.165) is 24.1 Å². The van der Waals surface area contributed by atoms with Crippen LogP contribution < -0.4 is 16.6 Å². The minimum absolute atomic E-state index is 0.0844. The second kappa shape index (κ2) is 9.23. The first-order valence-electron chi connectivity index (χ1n) is 8.68. The molecule has 0 spiro atoms. The van der Waals surface area contributed by atoms with Crippen LogP contribution in [0.1, 0.15) is 37.7 Å². The Hall–Kier alpha value is -2.55. The molecule has 1 aromatic heterocycles. The van der Waals surface area contributed by atoms with Crippen LogP contribution in [0.15, 0.2) is 40.6 Å². The van der Waals surface area contributed by atoms with Crippen molar-refractivity contribution in [3.8, 4) is 0 Å². The normalized spacial score (nSPS) is 14.1. The molecule has 8 nitrogen and oxygen atoms in total. The van der Waals surface area contributed by atoms with Gasteiger partial charge in [0, 0.05) is 12.3 Å². The highest BCUT2D eigenvalue weighted by Crippen LogP contribution is 2.18. The van der Waals surface area contributed by atoms with Crippen LogP contribution in [0.4, 0.5) is 5.95 Å². The third-order valence-corrected chi connectivity index (χ3v) is 5.02. The van der Waals surface area contributed by atoms with Gasteiger partial charge in [-0.2, -0.15) is 5.10 Å². The number of rotatable bonds is 7. The Bertz CT molecular complexity index is 752. The van der Waals surface area contributed by atoms with Crippen molar-refractivity contribution in [1.29, 1.82) is 0 Å². The number of carbonyl (C=O) groups excluding carboxylic acids is 1. The predicted octanol–water partition coefficient (Wildman–Crippen LogP) is 2.13. The molecule has 1 fully saturated rings. The molecule has 0 aliphatic heterocycles. The first-order chi connectivity index (χ1) is 12.7. The van der Waals surface area contributed by atoms with Gasteiger partial charge >= 0.3 is 0 Å². The Morgan fingerprint density at radius 3 is 2.73 bits per heavy atom. The minimum Gasteiger partial charge on any atom is -0.351 e. The van der Waals surface area contributed by atoms with Crippen molar-refractivity contribution >= 4 is 29.3 Å². The van der Waals surface area contributed by atoms with E-state index in [9.17, 15) is 4.79 Å². The minimum atomic E-state index is -0.0844. The van der Waals surface area contributed by atoms with Crippen molar-refractivity contribution in [2.45, 2.75) is 43.8 Å². The van der Waals surface area contributed by atoms with E-state index >= 15 is 0 Å². The van der Waals surface area contributed by atoms with Crippen molar-refractivity contribution in [3.63, 3.8) is 0 Å². The maximum absolute atomic E-state index is 12.0. The largest absolute Gasteiger partial charge is 0.351 e. The zero-order chi connectivity index (χ0) is 18.2. The highest BCUT2D eigenvalue weighted by molar-refractivity contribution is 7.99. The van der Waals surface area contributed by atoms with Crippen molar-refractivity contribution in [2.24, 2.45) is 5.10 Å². The topological polar surface area (TPSA) is 110 Å². The van der Waals surface area contributed by atoms with Gasteiger partial charge in [-0.05, 0) is 31.2 Å². The van der Waals surface area contributed by atoms with E-state index in [2.05, 4.69) is 26.0 Å². The molecule has 0 unspecified atom stereocenters. The number of nitrogen functional groups attached to an aromatic ring is 1. The van der Waals surface area contributed by atoms with E-state index in [-0.39, 0.29) is 11.7 Å². The first-order valence-corrected chi connectivity index (χ1v) is 9.66. The van der Waals surface area contributed by atoms with Crippen LogP contribution in [0.25, 0.3) is 0 Å². The van der Waals surface area contributed by atoms with Crippen LogP contribution in [0, 0.1) is 0 Å². The van der Waals surface area contributed by atoms with E-state index in [4.69, 9.17) is 5.84 Å². The van der Waals surface area contributed by atoms with Crippen LogP contribution in [-0.2, 0) is 11.3 Å². The summed E-state index contributed by atoms with van der Waals surface area (Å²) in [5.74, 6) is 6.48. The van der Waals surface area contributed by atoms with E-state index in [1.54, 1.807) is 0 Å². The third-order valence-electron chi connectivity index (χ3n) is 4.07. The Kier molecular flexibility index (Phi) is 6.48. The van der Waals surface area contributed by atoms with Gasteiger partial charge in [-0.3, -0.25) is 4.79 Å². The average molecular weight is 373 g/mol. The molecular formula is C17H23N7OS. The Balaban J connectivity index is 1.46. The summed E-state index contributed by atoms with van der Waals surface area (Å²) >= 11 is 1.24. The lowest BCUT2D eigenvalue weighted by molar-refractivity contribution is -0.118. The van der Waals surface area contributed by atoms with Crippen LogP contribution in [-0.4, -0.2) is 32.2 Å². The Morgan fingerprint density at radius 2 is 1.96 bits per heavy atom. The van der Waals surface area contributed by atoms with Crippen molar-refractivity contribution in [2.75, 3.05) is 17.0 Å². The molecule has 1 heterocycles. The summed E-state index contributed by atoms with van der Waals surface area (Å²) in [4.78, 5) is 12.0. The summed E-state index contributed by atoms with van der Waals surface area (Å²) in [6.07, 6.45) is 5.63. The summed E-state index contributed by atoms with van der Waals surface area (Å²) in [5.41, 5.74) is 5.07. The Labute approximate surface area is 156 Å². The highest BCUT2D eigenvalue weighted by Gasteiger charge is 2.13. The van der Waals surface area contributed by atoms with E-state index in [0.29, 0.717) is 17.6 Å². The van der Waals surface area contributed by atoms with Gasteiger partial charge in [0.1, 0.15) is 0 Å². The summed E-state index contributed by atoms with van der Waals surface area (Å²) in [6, 6.07) is 9.77. The summed E-state index contributed by atoms with van der Waals surface area (Å²) in [6.45, 7) is 0.500. The van der Waals surface area contributed by atoms with Gasteiger partial charge < -0.3 is 11.2 Å². The molecule has 4 N–H and O–H groups in total. The second-order valence-electron chi connectivity index (χ2n) is 6.08. The molecule has 3 rings (SSSR count). The molecular weight excluding hydrogens is 350 g/mol. The number of benzene rings is 1. The average Bonchev–Trinajstić information content (AvgIpc) is 3.04. The van der Waals surface area contributed by atoms with Gasteiger partial charge in [-0.15, -0.1) is 10.2 Å². The number of hydrogen-bond donors (Lipinski definition) is 3. The molecule has 1 aromatic carbocycles. The summed E-state index contributed by atoms with van der Waals surface area (Å²) in [7, 11) is 0. The third kappa shape index (κ3) is 5.22. The summed E-state index contributed by atoms with van der Waals surface area (Å²) in [5, 5.41) is 15.7. The van der Waals surface area contributed by atoms with Crippen LogP contribution in [0.5, 0.6) is 0 Å². The molecule has 138 valence electrons. The smallest absolute Gasteiger partial charge is 0.264 e. The van der Waals surface area contributed by atoms with E-state index in [1.807, 2.05) is 30.3 Å². The molecule has 0 saturated heterocycles. The number of amides is 1. The van der Waals surface area contributed by atoms with Gasteiger partial charge in [0.05, 0.1) is 5.75 Å². The molecule has 9 heteroatoms. The number of thioether (sulfide) groups is 1. The zero-order valence-corrected chi connectivity index (χ0v) is 15.3. The highest BCUT2D eigenvalue weighted by atomic mass is 32.2. The van der Waals surface area contributed by atoms with E-state index in [1.165, 1.54) is 35.7 Å². The maximum atomic E-state index is 12.0. The van der Waals surface area contributed by atoms with E-state index < -0.39 is 0 Å². The molecule has 0 bridgehead atoms. The summed E-state index contributed by atoms with van der Waals surface area (Å²) < 4.78 is 1.32. The van der Waals surface area contributed by atoms with Crippen LogP contribution in [0.3, 0.4) is 0 Å². The van der Waals surface area contributed by atoms with Crippen LogP contribution >= 0.6 is 11.8 Å². The monoisotopic (exact) mass is 373 g/mol. The number of nitrogens with one attached hydrogen (secondary N) is 2. The van der Waals surface area contributed by atoms with Crippen molar-refractivity contribution in [1.82, 2.24) is 20.2 Å². The van der Waals surface area contributed by atoms with Gasteiger partial charge in [-0.25, -0.2) is 10.1 Å². The van der Waals surface area contributed by atoms with Crippen LogP contribution in [0.2, 0.25) is 0 Å². The quantitative estimate of drug-likeness (QED) is 0.390. The van der Waals surface area contributed by atoms with Crippen molar-refractivity contribution < 1.29 is 4.79 Å². The molecule has 0 radical (unpaired) electrons. The lowest BCUT2D eigenvalue weighted by Gasteiger charge is -2.12. The van der Waals surface area contributed by atoms with Gasteiger partial charge in [-0.1, -0.05) is 48.5 Å². The number of anilines is 1. The lowest BCUT2D eigenvalue weighted by Crippen LogP contribution is -2.25. The number of hydrogen-bond acceptors (Lipinski definition) is 7. The van der Waals surface area contributed by atoms with Crippen molar-refractivity contribution in [3.05, 3.63) is 35.9 Å². The van der Waals surface area contributed by atoms with Gasteiger partial charge in [0.2, 0.25) is 11.1 Å². The fraction of sp³-hybridized carbons (Fsp3) is 0.412. The van der Waals surface area contributed by atoms with Gasteiger partial charge in [0.25, 0.3) is 5.95 Å². The Morgan fingerprint density at radius 1 is 1.19 bits per heavy atom. The molecule has 26 heavy (non-hydrogen) atoms. The number of carbonyl (C=O) groups is 1. The molecule has 1 aliphatic carbocycles. The molecule has 1 saturated carbocycles. The molecule has 0 atom stereocenters. The van der Waals surface area contributed by atoms with Gasteiger partial charge in [0.15, 0.2) is 0 Å². The molecule has 1 aliphatic rings. The number of nitrogens with zero attached hydrogens (tertiary/aromatic N) is 4.